The van der Waals surface area contributed by atoms with Gasteiger partial charge in [0.2, 0.25) is 0 Å². The van der Waals surface area contributed by atoms with Gasteiger partial charge >= 0.3 is 0 Å². The topological polar surface area (TPSA) is 24.9 Å². The lowest BCUT2D eigenvalue weighted by Gasteiger charge is -2.18. The minimum absolute atomic E-state index is 0.219. The van der Waals surface area contributed by atoms with Gasteiger partial charge in [-0.2, -0.15) is 0 Å². The van der Waals surface area contributed by atoms with Gasteiger partial charge in [-0.1, -0.05) is 35.9 Å². The molecule has 1 aromatic heterocycles. The number of halogens is 1. The molecule has 0 aliphatic rings. The zero-order valence-corrected chi connectivity index (χ0v) is 10.7. The summed E-state index contributed by atoms with van der Waals surface area (Å²) in [6.07, 6.45) is 3.38. The zero-order chi connectivity index (χ0) is 12.3. The Morgan fingerprint density at radius 2 is 2.00 bits per heavy atom. The van der Waals surface area contributed by atoms with Crippen molar-refractivity contribution in [2.45, 2.75) is 19.9 Å². The molecule has 2 aromatic rings. The summed E-state index contributed by atoms with van der Waals surface area (Å²) in [5, 5.41) is 4.04. The van der Waals surface area contributed by atoms with Crippen molar-refractivity contribution in [3.63, 3.8) is 0 Å². The molecule has 2 nitrogen and oxygen atoms in total. The second-order valence-electron chi connectivity index (χ2n) is 4.08. The molecule has 0 aliphatic heterocycles. The van der Waals surface area contributed by atoms with Gasteiger partial charge in [-0.05, 0) is 31.0 Å². The number of aromatic nitrogens is 1. The van der Waals surface area contributed by atoms with Crippen LogP contribution in [0.3, 0.4) is 0 Å². The number of anilines is 1. The maximum atomic E-state index is 6.07. The highest BCUT2D eigenvalue weighted by Gasteiger charge is 2.09. The van der Waals surface area contributed by atoms with Crippen LogP contribution in [0.4, 0.5) is 5.69 Å². The summed E-state index contributed by atoms with van der Waals surface area (Å²) >= 11 is 6.07. The zero-order valence-electron chi connectivity index (χ0n) is 9.94. The lowest BCUT2D eigenvalue weighted by Crippen LogP contribution is -2.08. The average Bonchev–Trinajstić information content (AvgIpc) is 2.32. The third-order valence-electron chi connectivity index (χ3n) is 2.80. The molecule has 0 aliphatic carbocycles. The third-order valence-corrected chi connectivity index (χ3v) is 3.10. The molecule has 88 valence electrons. The van der Waals surface area contributed by atoms with Gasteiger partial charge in [-0.15, -0.1) is 0 Å². The Labute approximate surface area is 107 Å². The van der Waals surface area contributed by atoms with Crippen molar-refractivity contribution >= 4 is 17.3 Å². The molecule has 17 heavy (non-hydrogen) atoms. The normalized spacial score (nSPS) is 12.2. The summed E-state index contributed by atoms with van der Waals surface area (Å²) in [5.74, 6) is 0. The number of hydrogen-bond donors (Lipinski definition) is 1. The first-order valence-electron chi connectivity index (χ1n) is 5.60. The Hall–Kier alpha value is -1.54. The van der Waals surface area contributed by atoms with E-state index in [0.29, 0.717) is 5.02 Å². The van der Waals surface area contributed by atoms with Crippen molar-refractivity contribution in [3.05, 3.63) is 58.9 Å². The van der Waals surface area contributed by atoms with Crippen molar-refractivity contribution in [3.8, 4) is 0 Å². The van der Waals surface area contributed by atoms with E-state index in [1.54, 1.807) is 12.4 Å². The van der Waals surface area contributed by atoms with Crippen LogP contribution in [-0.2, 0) is 0 Å². The fraction of sp³-hybridized carbons (Fsp3) is 0.214. The summed E-state index contributed by atoms with van der Waals surface area (Å²) in [5.41, 5.74) is 3.47. The van der Waals surface area contributed by atoms with Gasteiger partial charge in [0.05, 0.1) is 10.7 Å². The van der Waals surface area contributed by atoms with Gasteiger partial charge < -0.3 is 5.32 Å². The molecule has 0 saturated heterocycles. The van der Waals surface area contributed by atoms with Crippen LogP contribution in [0.1, 0.15) is 24.1 Å². The van der Waals surface area contributed by atoms with Crippen LogP contribution < -0.4 is 5.32 Å². The van der Waals surface area contributed by atoms with E-state index in [1.807, 2.05) is 12.1 Å². The molecule has 0 spiro atoms. The molecule has 1 N–H and O–H groups in total. The van der Waals surface area contributed by atoms with Gasteiger partial charge in [0, 0.05) is 18.4 Å². The molecule has 0 saturated carbocycles. The van der Waals surface area contributed by atoms with E-state index in [2.05, 4.69) is 42.3 Å². The Balaban J connectivity index is 2.20. The molecule has 1 heterocycles. The number of hydrogen-bond acceptors (Lipinski definition) is 2. The number of benzene rings is 1. The number of nitrogens with one attached hydrogen (secondary N) is 1. The van der Waals surface area contributed by atoms with Gasteiger partial charge in [-0.3, -0.25) is 4.98 Å². The monoisotopic (exact) mass is 246 g/mol. The Bertz CT molecular complexity index is 511. The fourth-order valence-electron chi connectivity index (χ4n) is 1.88. The molecule has 1 aromatic carbocycles. The maximum absolute atomic E-state index is 6.07. The van der Waals surface area contributed by atoms with E-state index in [9.17, 15) is 0 Å². The molecule has 1 atom stereocenters. The van der Waals surface area contributed by atoms with Crippen LogP contribution in [0.15, 0.2) is 42.7 Å². The first kappa shape index (κ1) is 11.9. The quantitative estimate of drug-likeness (QED) is 0.877. The summed E-state index contributed by atoms with van der Waals surface area (Å²) < 4.78 is 0. The van der Waals surface area contributed by atoms with Gasteiger partial charge in [-0.25, -0.2) is 0 Å². The summed E-state index contributed by atoms with van der Waals surface area (Å²) in [6, 6.07) is 10.4. The van der Waals surface area contributed by atoms with Crippen molar-refractivity contribution in [2.75, 3.05) is 5.32 Å². The number of aryl methyl sites for hydroxylation is 1. The van der Waals surface area contributed by atoms with Crippen LogP contribution in [0.2, 0.25) is 5.02 Å². The van der Waals surface area contributed by atoms with Crippen molar-refractivity contribution in [2.24, 2.45) is 0 Å². The SMILES string of the molecule is Cc1ccccc1C(C)Nc1ccncc1Cl. The first-order valence-corrected chi connectivity index (χ1v) is 5.98. The van der Waals surface area contributed by atoms with Crippen molar-refractivity contribution < 1.29 is 0 Å². The molecular formula is C14H15ClN2. The molecule has 2 rings (SSSR count). The number of nitrogens with zero attached hydrogens (tertiary/aromatic N) is 1. The molecule has 0 bridgehead atoms. The van der Waals surface area contributed by atoms with Gasteiger partial charge in [0.15, 0.2) is 0 Å². The van der Waals surface area contributed by atoms with Crippen LogP contribution in [0.5, 0.6) is 0 Å². The van der Waals surface area contributed by atoms with Gasteiger partial charge in [0.1, 0.15) is 0 Å². The van der Waals surface area contributed by atoms with Crippen LogP contribution in [0, 0.1) is 6.92 Å². The smallest absolute Gasteiger partial charge is 0.0820 e. The second kappa shape index (κ2) is 5.19. The summed E-state index contributed by atoms with van der Waals surface area (Å²) in [7, 11) is 0. The highest BCUT2D eigenvalue weighted by Crippen LogP contribution is 2.26. The number of rotatable bonds is 3. The second-order valence-corrected chi connectivity index (χ2v) is 4.49. The minimum Gasteiger partial charge on any atom is -0.377 e. The van der Waals surface area contributed by atoms with E-state index in [4.69, 9.17) is 11.6 Å². The Morgan fingerprint density at radius 3 is 2.71 bits per heavy atom. The Kier molecular flexibility index (Phi) is 3.64. The number of pyridine rings is 1. The van der Waals surface area contributed by atoms with Crippen molar-refractivity contribution in [1.82, 2.24) is 4.98 Å². The first-order chi connectivity index (χ1) is 8.18. The lowest BCUT2D eigenvalue weighted by molar-refractivity contribution is 0.873. The fourth-order valence-corrected chi connectivity index (χ4v) is 2.05. The molecule has 3 heteroatoms. The molecule has 0 amide bonds. The maximum Gasteiger partial charge on any atom is 0.0820 e. The molecular weight excluding hydrogens is 232 g/mol. The average molecular weight is 247 g/mol. The summed E-state index contributed by atoms with van der Waals surface area (Å²) in [6.45, 7) is 4.24. The van der Waals surface area contributed by atoms with Gasteiger partial charge in [0.25, 0.3) is 0 Å². The minimum atomic E-state index is 0.219. The third kappa shape index (κ3) is 2.77. The van der Waals surface area contributed by atoms with E-state index in [0.717, 1.165) is 5.69 Å². The predicted molar refractivity (Wildman–Crippen MR) is 72.5 cm³/mol. The highest BCUT2D eigenvalue weighted by atomic mass is 35.5. The van der Waals surface area contributed by atoms with E-state index in [1.165, 1.54) is 11.1 Å². The van der Waals surface area contributed by atoms with Crippen LogP contribution in [-0.4, -0.2) is 4.98 Å². The molecule has 0 fully saturated rings. The van der Waals surface area contributed by atoms with Crippen LogP contribution >= 0.6 is 11.6 Å². The molecule has 0 radical (unpaired) electrons. The standard InChI is InChI=1S/C14H15ClN2/c1-10-5-3-4-6-12(10)11(2)17-14-7-8-16-9-13(14)15/h3-9,11H,1-2H3,(H,16,17). The van der Waals surface area contributed by atoms with E-state index in [-0.39, 0.29) is 6.04 Å². The van der Waals surface area contributed by atoms with Crippen LogP contribution in [0.25, 0.3) is 0 Å². The Morgan fingerprint density at radius 1 is 1.24 bits per heavy atom. The summed E-state index contributed by atoms with van der Waals surface area (Å²) in [4.78, 5) is 3.97. The van der Waals surface area contributed by atoms with Crippen molar-refractivity contribution in [1.29, 1.82) is 0 Å². The predicted octanol–water partition coefficient (Wildman–Crippen LogP) is 4.22. The largest absolute Gasteiger partial charge is 0.377 e. The molecule has 1 unspecified atom stereocenters. The van der Waals surface area contributed by atoms with E-state index >= 15 is 0 Å². The highest BCUT2D eigenvalue weighted by molar-refractivity contribution is 6.33. The van der Waals surface area contributed by atoms with E-state index < -0.39 is 0 Å². The lowest BCUT2D eigenvalue weighted by atomic mass is 10.0.